The van der Waals surface area contributed by atoms with Gasteiger partial charge in [-0.2, -0.15) is 5.10 Å². The van der Waals surface area contributed by atoms with E-state index >= 15 is 0 Å². The van der Waals surface area contributed by atoms with Gasteiger partial charge in [-0.3, -0.25) is 9.48 Å². The van der Waals surface area contributed by atoms with E-state index in [1.54, 1.807) is 11.7 Å². The van der Waals surface area contributed by atoms with Gasteiger partial charge in [0.25, 0.3) is 0 Å². The van der Waals surface area contributed by atoms with Crippen LogP contribution in [-0.2, 0) is 7.05 Å². The Morgan fingerprint density at radius 1 is 1.40 bits per heavy atom. The predicted octanol–water partition coefficient (Wildman–Crippen LogP) is 3.54. The van der Waals surface area contributed by atoms with Gasteiger partial charge in [-0.1, -0.05) is 6.07 Å². The number of carbonyl (C=O) groups excluding carboxylic acids is 1. The smallest absolute Gasteiger partial charge is 0.201 e. The lowest BCUT2D eigenvalue weighted by molar-refractivity contribution is 0.103. The molecule has 0 atom stereocenters. The molecule has 130 valence electrons. The molecule has 4 rings (SSSR count). The van der Waals surface area contributed by atoms with Gasteiger partial charge in [0.05, 0.1) is 16.5 Å². The van der Waals surface area contributed by atoms with Crippen LogP contribution >= 0.6 is 0 Å². The molecule has 0 aliphatic heterocycles. The predicted molar refractivity (Wildman–Crippen MR) is 90.8 cm³/mol. The van der Waals surface area contributed by atoms with E-state index < -0.39 is 23.0 Å². The summed E-state index contributed by atoms with van der Waals surface area (Å²) in [4.78, 5) is 15.8. The quantitative estimate of drug-likeness (QED) is 0.696. The SMILES string of the molecule is Cc1ccc(F)c(C(=O)c2c[nH]c3nn(C)c(NCC4CC4)c23)c1F. The van der Waals surface area contributed by atoms with Gasteiger partial charge in [-0.15, -0.1) is 0 Å². The summed E-state index contributed by atoms with van der Waals surface area (Å²) < 4.78 is 30.1. The Labute approximate surface area is 143 Å². The van der Waals surface area contributed by atoms with Gasteiger partial charge < -0.3 is 10.3 Å². The number of aryl methyl sites for hydroxylation is 2. The minimum atomic E-state index is -0.862. The third-order valence-electron chi connectivity index (χ3n) is 4.68. The Hall–Kier alpha value is -2.70. The number of ketones is 1. The Morgan fingerprint density at radius 2 is 2.16 bits per heavy atom. The third-order valence-corrected chi connectivity index (χ3v) is 4.68. The van der Waals surface area contributed by atoms with Crippen molar-refractivity contribution in [3.8, 4) is 0 Å². The van der Waals surface area contributed by atoms with E-state index in [-0.39, 0.29) is 11.1 Å². The number of hydrogen-bond acceptors (Lipinski definition) is 3. The van der Waals surface area contributed by atoms with Crippen molar-refractivity contribution >= 4 is 22.6 Å². The van der Waals surface area contributed by atoms with Crippen LogP contribution in [0.5, 0.6) is 0 Å². The van der Waals surface area contributed by atoms with E-state index in [1.165, 1.54) is 32.0 Å². The number of halogens is 2. The lowest BCUT2D eigenvalue weighted by Crippen LogP contribution is -2.11. The molecule has 25 heavy (non-hydrogen) atoms. The minimum Gasteiger partial charge on any atom is -0.369 e. The second-order valence-corrected chi connectivity index (χ2v) is 6.60. The largest absolute Gasteiger partial charge is 0.369 e. The van der Waals surface area contributed by atoms with Crippen LogP contribution < -0.4 is 5.32 Å². The van der Waals surface area contributed by atoms with Crippen molar-refractivity contribution in [3.63, 3.8) is 0 Å². The van der Waals surface area contributed by atoms with Crippen LogP contribution in [0.4, 0.5) is 14.6 Å². The first-order valence-corrected chi connectivity index (χ1v) is 8.24. The molecule has 2 heterocycles. The monoisotopic (exact) mass is 344 g/mol. The molecule has 0 radical (unpaired) electrons. The van der Waals surface area contributed by atoms with Gasteiger partial charge in [-0.25, -0.2) is 8.78 Å². The molecular formula is C18H18F2N4O. The van der Waals surface area contributed by atoms with E-state index in [0.717, 1.165) is 12.6 Å². The number of fused-ring (bicyclic) bond motifs is 1. The number of aromatic amines is 1. The summed E-state index contributed by atoms with van der Waals surface area (Å²) in [5.74, 6) is -1.06. The highest BCUT2D eigenvalue weighted by Crippen LogP contribution is 2.33. The molecule has 1 saturated carbocycles. The standard InChI is InChI=1S/C18H18F2N4O/c1-9-3-6-12(19)14(15(9)20)16(25)11-8-21-17-13(11)18(24(2)23-17)22-7-10-4-5-10/h3,6,8,10,22H,4-5,7H2,1-2H3,(H,21,23). The Balaban J connectivity index is 1.81. The Kier molecular flexibility index (Phi) is 3.59. The molecule has 1 aliphatic carbocycles. The molecular weight excluding hydrogens is 326 g/mol. The van der Waals surface area contributed by atoms with Crippen LogP contribution in [0.2, 0.25) is 0 Å². The summed E-state index contributed by atoms with van der Waals surface area (Å²) in [7, 11) is 1.77. The highest BCUT2D eigenvalue weighted by atomic mass is 19.1. The molecule has 3 aromatic rings. The van der Waals surface area contributed by atoms with Crippen molar-refractivity contribution in [1.82, 2.24) is 14.8 Å². The number of nitrogens with zero attached hydrogens (tertiary/aromatic N) is 2. The highest BCUT2D eigenvalue weighted by Gasteiger charge is 2.27. The van der Waals surface area contributed by atoms with Crippen LogP contribution in [0, 0.1) is 24.5 Å². The fraction of sp³-hybridized carbons (Fsp3) is 0.333. The van der Waals surface area contributed by atoms with Gasteiger partial charge in [0.15, 0.2) is 5.65 Å². The van der Waals surface area contributed by atoms with Gasteiger partial charge in [-0.05, 0) is 37.3 Å². The molecule has 0 amide bonds. The summed E-state index contributed by atoms with van der Waals surface area (Å²) in [6, 6.07) is 2.44. The number of anilines is 1. The Bertz CT molecular complexity index is 985. The van der Waals surface area contributed by atoms with Gasteiger partial charge in [0.2, 0.25) is 5.78 Å². The lowest BCUT2D eigenvalue weighted by atomic mass is 10.0. The topological polar surface area (TPSA) is 62.7 Å². The average molecular weight is 344 g/mol. The van der Waals surface area contributed by atoms with Crippen LogP contribution in [0.3, 0.4) is 0 Å². The number of rotatable bonds is 5. The summed E-state index contributed by atoms with van der Waals surface area (Å²) in [5, 5.41) is 8.20. The van der Waals surface area contributed by atoms with Gasteiger partial charge in [0.1, 0.15) is 17.5 Å². The zero-order valence-corrected chi connectivity index (χ0v) is 14.0. The average Bonchev–Trinajstić information content (AvgIpc) is 3.23. The molecule has 5 nitrogen and oxygen atoms in total. The maximum absolute atomic E-state index is 14.4. The van der Waals surface area contributed by atoms with Crippen molar-refractivity contribution in [1.29, 1.82) is 0 Å². The normalized spacial score (nSPS) is 14.2. The summed E-state index contributed by atoms with van der Waals surface area (Å²) in [6.45, 7) is 2.30. The molecule has 0 unspecified atom stereocenters. The fourth-order valence-corrected chi connectivity index (χ4v) is 3.04. The molecule has 2 N–H and O–H groups in total. The summed E-state index contributed by atoms with van der Waals surface area (Å²) >= 11 is 0. The van der Waals surface area contributed by atoms with Crippen molar-refractivity contribution in [3.05, 3.63) is 46.7 Å². The van der Waals surface area contributed by atoms with Crippen LogP contribution in [0.1, 0.15) is 34.3 Å². The fourth-order valence-electron chi connectivity index (χ4n) is 3.04. The van der Waals surface area contributed by atoms with Crippen molar-refractivity contribution in [2.75, 3.05) is 11.9 Å². The lowest BCUT2D eigenvalue weighted by Gasteiger charge is -2.08. The number of nitrogens with one attached hydrogen (secondary N) is 2. The number of hydrogen-bond donors (Lipinski definition) is 2. The molecule has 0 bridgehead atoms. The van der Waals surface area contributed by atoms with Crippen LogP contribution in [0.15, 0.2) is 18.3 Å². The number of benzene rings is 1. The van der Waals surface area contributed by atoms with E-state index in [4.69, 9.17) is 0 Å². The van der Waals surface area contributed by atoms with Crippen LogP contribution in [0.25, 0.3) is 11.0 Å². The Morgan fingerprint density at radius 3 is 2.88 bits per heavy atom. The zero-order chi connectivity index (χ0) is 17.7. The summed E-state index contributed by atoms with van der Waals surface area (Å²) in [6.07, 6.45) is 3.84. The second kappa shape index (κ2) is 5.68. The third kappa shape index (κ3) is 2.59. The number of aromatic nitrogens is 3. The maximum atomic E-state index is 14.4. The molecule has 1 aromatic carbocycles. The summed E-state index contributed by atoms with van der Waals surface area (Å²) in [5.41, 5.74) is 0.426. The first-order valence-electron chi connectivity index (χ1n) is 8.24. The second-order valence-electron chi connectivity index (χ2n) is 6.60. The highest BCUT2D eigenvalue weighted by molar-refractivity contribution is 6.18. The molecule has 2 aromatic heterocycles. The first-order chi connectivity index (χ1) is 12.0. The van der Waals surface area contributed by atoms with Crippen LogP contribution in [-0.4, -0.2) is 27.1 Å². The van der Waals surface area contributed by atoms with Crippen molar-refractivity contribution in [2.45, 2.75) is 19.8 Å². The minimum absolute atomic E-state index is 0.213. The van der Waals surface area contributed by atoms with E-state index in [1.807, 2.05) is 0 Å². The molecule has 1 aliphatic rings. The van der Waals surface area contributed by atoms with E-state index in [9.17, 15) is 13.6 Å². The molecule has 0 saturated heterocycles. The van der Waals surface area contributed by atoms with Gasteiger partial charge >= 0.3 is 0 Å². The molecule has 7 heteroatoms. The maximum Gasteiger partial charge on any atom is 0.201 e. The van der Waals surface area contributed by atoms with E-state index in [2.05, 4.69) is 15.4 Å². The first kappa shape index (κ1) is 15.8. The zero-order valence-electron chi connectivity index (χ0n) is 14.0. The molecule has 1 fully saturated rings. The number of H-pyrrole nitrogens is 1. The van der Waals surface area contributed by atoms with Gasteiger partial charge in [0, 0.05) is 19.8 Å². The number of carbonyl (C=O) groups is 1. The van der Waals surface area contributed by atoms with Crippen molar-refractivity contribution in [2.24, 2.45) is 13.0 Å². The molecule has 0 spiro atoms. The van der Waals surface area contributed by atoms with Crippen molar-refractivity contribution < 1.29 is 13.6 Å². The van der Waals surface area contributed by atoms with E-state index in [0.29, 0.717) is 22.8 Å².